The molecule has 0 aromatic heterocycles. The molecule has 19 heavy (non-hydrogen) atoms. The van der Waals surface area contributed by atoms with Crippen LogP contribution in [-0.4, -0.2) is 24.7 Å². The Bertz CT molecular complexity index is 501. The second-order valence-corrected chi connectivity index (χ2v) is 7.03. The fourth-order valence-corrected chi connectivity index (χ4v) is 3.24. The fourth-order valence-electron chi connectivity index (χ4n) is 2.60. The van der Waals surface area contributed by atoms with E-state index in [2.05, 4.69) is 48.7 Å². The summed E-state index contributed by atoms with van der Waals surface area (Å²) in [6, 6.07) is 7.79. The van der Waals surface area contributed by atoms with Crippen LogP contribution >= 0.6 is 22.6 Å². The van der Waals surface area contributed by atoms with Gasteiger partial charge in [0.05, 0.1) is 11.2 Å². The molecule has 1 aromatic carbocycles. The normalized spacial score (nSPS) is 28.6. The molecule has 3 nitrogen and oxygen atoms in total. The monoisotopic (exact) mass is 373 g/mol. The molecule has 1 N–H and O–H groups in total. The highest BCUT2D eigenvalue weighted by atomic mass is 127. The Balaban J connectivity index is 2.09. The summed E-state index contributed by atoms with van der Waals surface area (Å²) in [6.45, 7) is 6.38. The Labute approximate surface area is 128 Å². The van der Waals surface area contributed by atoms with Crippen molar-refractivity contribution in [2.24, 2.45) is 5.41 Å². The SMILES string of the molecule is CO[C@@]1(C)C[C@H](NC(=O)c2ccccc2I)C1(C)C. The van der Waals surface area contributed by atoms with Gasteiger partial charge in [0, 0.05) is 22.1 Å². The van der Waals surface area contributed by atoms with Crippen molar-refractivity contribution in [1.82, 2.24) is 5.32 Å². The van der Waals surface area contributed by atoms with Crippen LogP contribution < -0.4 is 5.32 Å². The topological polar surface area (TPSA) is 38.3 Å². The van der Waals surface area contributed by atoms with Crippen molar-refractivity contribution in [2.75, 3.05) is 7.11 Å². The van der Waals surface area contributed by atoms with Crippen LogP contribution in [-0.2, 0) is 4.74 Å². The van der Waals surface area contributed by atoms with E-state index in [-0.39, 0.29) is 23.0 Å². The molecule has 0 unspecified atom stereocenters. The Morgan fingerprint density at radius 2 is 2.00 bits per heavy atom. The molecular formula is C15H20INO2. The van der Waals surface area contributed by atoms with Crippen molar-refractivity contribution in [3.8, 4) is 0 Å². The van der Waals surface area contributed by atoms with Gasteiger partial charge in [-0.25, -0.2) is 0 Å². The van der Waals surface area contributed by atoms with Crippen LogP contribution in [0.2, 0.25) is 0 Å². The molecule has 4 heteroatoms. The van der Waals surface area contributed by atoms with Gasteiger partial charge >= 0.3 is 0 Å². The number of benzene rings is 1. The van der Waals surface area contributed by atoms with Gasteiger partial charge in [-0.1, -0.05) is 26.0 Å². The Hall–Kier alpha value is -0.620. The molecule has 0 heterocycles. The highest BCUT2D eigenvalue weighted by molar-refractivity contribution is 14.1. The maximum atomic E-state index is 12.3. The first-order valence-electron chi connectivity index (χ1n) is 6.42. The molecule has 0 saturated heterocycles. The number of ether oxygens (including phenoxy) is 1. The van der Waals surface area contributed by atoms with Crippen LogP contribution in [0.15, 0.2) is 24.3 Å². The Morgan fingerprint density at radius 3 is 2.53 bits per heavy atom. The molecule has 1 amide bonds. The summed E-state index contributed by atoms with van der Waals surface area (Å²) < 4.78 is 6.55. The summed E-state index contributed by atoms with van der Waals surface area (Å²) in [6.07, 6.45) is 0.853. The van der Waals surface area contributed by atoms with E-state index in [1.807, 2.05) is 24.3 Å². The third-order valence-electron chi connectivity index (χ3n) is 4.70. The second kappa shape index (κ2) is 5.05. The van der Waals surface area contributed by atoms with Crippen LogP contribution in [0.4, 0.5) is 0 Å². The van der Waals surface area contributed by atoms with Gasteiger partial charge in [0.15, 0.2) is 0 Å². The maximum Gasteiger partial charge on any atom is 0.252 e. The van der Waals surface area contributed by atoms with Crippen LogP contribution in [0.1, 0.15) is 37.6 Å². The van der Waals surface area contributed by atoms with E-state index >= 15 is 0 Å². The smallest absolute Gasteiger partial charge is 0.252 e. The number of carbonyl (C=O) groups excluding carboxylic acids is 1. The highest BCUT2D eigenvalue weighted by Crippen LogP contribution is 2.51. The van der Waals surface area contributed by atoms with Crippen molar-refractivity contribution in [3.05, 3.63) is 33.4 Å². The van der Waals surface area contributed by atoms with E-state index in [1.165, 1.54) is 0 Å². The second-order valence-electron chi connectivity index (χ2n) is 5.87. The Morgan fingerprint density at radius 1 is 1.37 bits per heavy atom. The van der Waals surface area contributed by atoms with Crippen LogP contribution in [0.25, 0.3) is 0 Å². The molecule has 1 saturated carbocycles. The summed E-state index contributed by atoms with van der Waals surface area (Å²) in [4.78, 5) is 12.3. The van der Waals surface area contributed by atoms with Gasteiger partial charge in [0.1, 0.15) is 0 Å². The standard InChI is InChI=1S/C15H20INO2/c1-14(2)12(9-15(14,3)19-4)17-13(18)10-7-5-6-8-11(10)16/h5-8,12H,9H2,1-4H3,(H,17,18)/t12-,15-/m0/s1. The average Bonchev–Trinajstić information content (AvgIpc) is 2.38. The summed E-state index contributed by atoms with van der Waals surface area (Å²) in [5, 5.41) is 3.13. The predicted molar refractivity (Wildman–Crippen MR) is 84.2 cm³/mol. The molecule has 0 radical (unpaired) electrons. The molecule has 1 aliphatic carbocycles. The van der Waals surface area contributed by atoms with Crippen molar-refractivity contribution in [3.63, 3.8) is 0 Å². The summed E-state index contributed by atoms with van der Waals surface area (Å²) in [5.74, 6) is 0.00114. The number of hydrogen-bond acceptors (Lipinski definition) is 2. The highest BCUT2D eigenvalue weighted by Gasteiger charge is 2.58. The number of rotatable bonds is 3. The van der Waals surface area contributed by atoms with Crippen LogP contribution in [0.5, 0.6) is 0 Å². The van der Waals surface area contributed by atoms with Crippen molar-refractivity contribution < 1.29 is 9.53 Å². The minimum atomic E-state index is -0.158. The first-order valence-corrected chi connectivity index (χ1v) is 7.50. The molecule has 1 fully saturated rings. The van der Waals surface area contributed by atoms with Gasteiger partial charge < -0.3 is 10.1 Å². The molecule has 0 spiro atoms. The first-order chi connectivity index (χ1) is 8.82. The maximum absolute atomic E-state index is 12.3. The van der Waals surface area contributed by atoms with Gasteiger partial charge in [-0.2, -0.15) is 0 Å². The molecule has 2 atom stereocenters. The quantitative estimate of drug-likeness (QED) is 0.827. The van der Waals surface area contributed by atoms with Crippen molar-refractivity contribution in [1.29, 1.82) is 0 Å². The minimum Gasteiger partial charge on any atom is -0.378 e. The number of carbonyl (C=O) groups is 1. The molecule has 1 aromatic rings. The number of amides is 1. The van der Waals surface area contributed by atoms with Gasteiger partial charge in [-0.05, 0) is 48.1 Å². The zero-order valence-electron chi connectivity index (χ0n) is 11.8. The van der Waals surface area contributed by atoms with E-state index in [0.29, 0.717) is 0 Å². The van der Waals surface area contributed by atoms with Crippen molar-refractivity contribution in [2.45, 2.75) is 38.8 Å². The van der Waals surface area contributed by atoms with Crippen molar-refractivity contribution >= 4 is 28.5 Å². The minimum absolute atomic E-state index is 0.00114. The third-order valence-corrected chi connectivity index (χ3v) is 5.64. The fraction of sp³-hybridized carbons (Fsp3) is 0.533. The number of nitrogens with one attached hydrogen (secondary N) is 1. The van der Waals surface area contributed by atoms with E-state index in [1.54, 1.807) is 7.11 Å². The van der Waals surface area contributed by atoms with Crippen LogP contribution in [0, 0.1) is 8.99 Å². The first kappa shape index (κ1) is 14.8. The summed E-state index contributed by atoms with van der Waals surface area (Å²) >= 11 is 2.19. The molecule has 104 valence electrons. The zero-order valence-corrected chi connectivity index (χ0v) is 13.9. The summed E-state index contributed by atoms with van der Waals surface area (Å²) in [7, 11) is 1.74. The average molecular weight is 373 g/mol. The molecule has 1 aliphatic rings. The summed E-state index contributed by atoms with van der Waals surface area (Å²) in [5.41, 5.74) is 0.525. The van der Waals surface area contributed by atoms with Gasteiger partial charge in [-0.3, -0.25) is 4.79 Å². The van der Waals surface area contributed by atoms with E-state index in [0.717, 1.165) is 15.6 Å². The largest absolute Gasteiger partial charge is 0.378 e. The lowest BCUT2D eigenvalue weighted by atomic mass is 9.56. The van der Waals surface area contributed by atoms with Gasteiger partial charge in [0.2, 0.25) is 0 Å². The number of hydrogen-bond donors (Lipinski definition) is 1. The van der Waals surface area contributed by atoms with E-state index in [9.17, 15) is 4.79 Å². The number of halogens is 1. The lowest BCUT2D eigenvalue weighted by Crippen LogP contribution is -2.68. The zero-order chi connectivity index (χ0) is 14.3. The Kier molecular flexibility index (Phi) is 3.93. The predicted octanol–water partition coefficient (Wildman–Crippen LogP) is 3.22. The molecular weight excluding hydrogens is 353 g/mol. The van der Waals surface area contributed by atoms with Gasteiger partial charge in [0.25, 0.3) is 5.91 Å². The van der Waals surface area contributed by atoms with E-state index in [4.69, 9.17) is 4.74 Å². The van der Waals surface area contributed by atoms with Crippen LogP contribution in [0.3, 0.4) is 0 Å². The molecule has 2 rings (SSSR count). The lowest BCUT2D eigenvalue weighted by Gasteiger charge is -2.59. The molecule has 0 bridgehead atoms. The number of methoxy groups -OCH3 is 1. The molecule has 0 aliphatic heterocycles. The van der Waals surface area contributed by atoms with E-state index < -0.39 is 0 Å². The lowest BCUT2D eigenvalue weighted by molar-refractivity contribution is -0.177. The third kappa shape index (κ3) is 2.40. The van der Waals surface area contributed by atoms with Gasteiger partial charge in [-0.15, -0.1) is 0 Å².